The normalized spacial score (nSPS) is 12.3. The number of carbonyl (C=O) groups is 1. The van der Waals surface area contributed by atoms with Gasteiger partial charge in [0, 0.05) is 17.8 Å². The SMILES string of the molecule is Cc1cccc(Nc2nnc(SC(C)C(=O)Nc3ccc([N+](=O)[O-])cc3C(F)(F)F)s2)c1C. The highest BCUT2D eigenvalue weighted by Gasteiger charge is 2.36. The monoisotopic (exact) mass is 497 g/mol. The van der Waals surface area contributed by atoms with Crippen LogP contribution in [-0.4, -0.2) is 26.3 Å². The van der Waals surface area contributed by atoms with Gasteiger partial charge in [-0.05, 0) is 44.0 Å². The number of hydrogen-bond acceptors (Lipinski definition) is 8. The first-order chi connectivity index (χ1) is 15.5. The van der Waals surface area contributed by atoms with Gasteiger partial charge in [-0.3, -0.25) is 14.9 Å². The summed E-state index contributed by atoms with van der Waals surface area (Å²) in [6.07, 6.45) is -4.88. The topological polar surface area (TPSA) is 110 Å². The van der Waals surface area contributed by atoms with Crippen LogP contribution in [0, 0.1) is 24.0 Å². The Labute approximate surface area is 194 Å². The molecule has 1 unspecified atom stereocenters. The number of carbonyl (C=O) groups excluding carboxylic acids is 1. The van der Waals surface area contributed by atoms with E-state index < -0.39 is 39.2 Å². The van der Waals surface area contributed by atoms with Gasteiger partial charge in [-0.25, -0.2) is 0 Å². The number of aryl methyl sites for hydroxylation is 1. The van der Waals surface area contributed by atoms with Gasteiger partial charge in [-0.1, -0.05) is 35.2 Å². The molecule has 1 aromatic heterocycles. The van der Waals surface area contributed by atoms with Crippen LogP contribution in [0.4, 0.5) is 35.4 Å². The van der Waals surface area contributed by atoms with Crippen molar-refractivity contribution in [1.82, 2.24) is 10.2 Å². The van der Waals surface area contributed by atoms with Crippen LogP contribution in [0.3, 0.4) is 0 Å². The quantitative estimate of drug-likeness (QED) is 0.236. The average Bonchev–Trinajstić information content (AvgIpc) is 3.17. The van der Waals surface area contributed by atoms with Crippen LogP contribution in [0.1, 0.15) is 23.6 Å². The molecule has 0 saturated heterocycles. The summed E-state index contributed by atoms with van der Waals surface area (Å²) < 4.78 is 40.4. The third kappa shape index (κ3) is 5.99. The lowest BCUT2D eigenvalue weighted by molar-refractivity contribution is -0.385. The lowest BCUT2D eigenvalue weighted by Gasteiger charge is -2.15. The smallest absolute Gasteiger partial charge is 0.330 e. The largest absolute Gasteiger partial charge is 0.418 e. The predicted molar refractivity (Wildman–Crippen MR) is 121 cm³/mol. The Morgan fingerprint density at radius 3 is 2.58 bits per heavy atom. The Hall–Kier alpha value is -3.19. The summed E-state index contributed by atoms with van der Waals surface area (Å²) in [6.45, 7) is 5.46. The van der Waals surface area contributed by atoms with E-state index in [1.807, 2.05) is 32.0 Å². The highest BCUT2D eigenvalue weighted by Crippen LogP contribution is 2.38. The molecule has 0 fully saturated rings. The van der Waals surface area contributed by atoms with Crippen LogP contribution in [0.5, 0.6) is 0 Å². The van der Waals surface area contributed by atoms with E-state index in [2.05, 4.69) is 20.8 Å². The molecule has 2 N–H and O–H groups in total. The maximum Gasteiger partial charge on any atom is 0.418 e. The van der Waals surface area contributed by atoms with Gasteiger partial charge in [-0.2, -0.15) is 13.2 Å². The minimum atomic E-state index is -4.88. The fraction of sp³-hybridized carbons (Fsp3) is 0.250. The maximum atomic E-state index is 13.3. The molecule has 8 nitrogen and oxygen atoms in total. The predicted octanol–water partition coefficient (Wildman–Crippen LogP) is 5.94. The van der Waals surface area contributed by atoms with E-state index >= 15 is 0 Å². The maximum absolute atomic E-state index is 13.3. The van der Waals surface area contributed by atoms with Crippen molar-refractivity contribution in [3.05, 3.63) is 63.2 Å². The molecule has 3 rings (SSSR count). The van der Waals surface area contributed by atoms with Crippen LogP contribution >= 0.6 is 23.1 Å². The van der Waals surface area contributed by atoms with E-state index in [9.17, 15) is 28.1 Å². The number of benzene rings is 2. The molecule has 0 aliphatic carbocycles. The minimum absolute atomic E-state index is 0.392. The van der Waals surface area contributed by atoms with Gasteiger partial charge >= 0.3 is 6.18 Å². The van der Waals surface area contributed by atoms with E-state index in [0.717, 1.165) is 40.7 Å². The van der Waals surface area contributed by atoms with Crippen molar-refractivity contribution in [3.8, 4) is 0 Å². The van der Waals surface area contributed by atoms with Gasteiger partial charge in [0.1, 0.15) is 0 Å². The van der Waals surface area contributed by atoms with Crippen LogP contribution in [0.2, 0.25) is 0 Å². The number of nitro groups is 1. The molecule has 13 heteroatoms. The number of amides is 1. The summed E-state index contributed by atoms with van der Waals surface area (Å²) in [5.41, 5.74) is 0.456. The number of alkyl halides is 3. The van der Waals surface area contributed by atoms with Gasteiger partial charge in [0.05, 0.1) is 21.4 Å². The lowest BCUT2D eigenvalue weighted by atomic mass is 10.1. The average molecular weight is 498 g/mol. The van der Waals surface area contributed by atoms with E-state index in [1.54, 1.807) is 0 Å². The number of anilines is 3. The fourth-order valence-corrected chi connectivity index (χ4v) is 4.65. The van der Waals surface area contributed by atoms with Crippen LogP contribution in [0.15, 0.2) is 40.7 Å². The Kier molecular flexibility index (Phi) is 7.22. The number of non-ortho nitro benzene ring substituents is 1. The second kappa shape index (κ2) is 9.75. The fourth-order valence-electron chi connectivity index (χ4n) is 2.74. The van der Waals surface area contributed by atoms with Crippen LogP contribution in [-0.2, 0) is 11.0 Å². The number of aromatic nitrogens is 2. The van der Waals surface area contributed by atoms with Gasteiger partial charge in [0.15, 0.2) is 4.34 Å². The molecule has 0 aliphatic rings. The van der Waals surface area contributed by atoms with Gasteiger partial charge in [0.2, 0.25) is 11.0 Å². The van der Waals surface area contributed by atoms with E-state index in [0.29, 0.717) is 15.5 Å². The summed E-state index contributed by atoms with van der Waals surface area (Å²) in [7, 11) is 0. The molecule has 3 aromatic rings. The molecular weight excluding hydrogens is 479 g/mol. The van der Waals surface area contributed by atoms with Crippen molar-refractivity contribution >= 4 is 51.2 Å². The highest BCUT2D eigenvalue weighted by atomic mass is 32.2. The van der Waals surface area contributed by atoms with E-state index in [4.69, 9.17) is 0 Å². The Morgan fingerprint density at radius 1 is 1.18 bits per heavy atom. The van der Waals surface area contributed by atoms with Crippen molar-refractivity contribution in [2.75, 3.05) is 10.6 Å². The van der Waals surface area contributed by atoms with Crippen LogP contribution < -0.4 is 10.6 Å². The van der Waals surface area contributed by atoms with Gasteiger partial charge in [0.25, 0.3) is 5.69 Å². The van der Waals surface area contributed by atoms with Crippen molar-refractivity contribution in [2.45, 2.75) is 36.5 Å². The van der Waals surface area contributed by atoms with Gasteiger partial charge in [-0.15, -0.1) is 10.2 Å². The zero-order valence-corrected chi connectivity index (χ0v) is 19.2. The summed E-state index contributed by atoms with van der Waals surface area (Å²) in [5, 5.41) is 23.9. The molecular formula is C20H18F3N5O3S2. The van der Waals surface area contributed by atoms with Crippen LogP contribution in [0.25, 0.3) is 0 Å². The zero-order chi connectivity index (χ0) is 24.3. The number of halogens is 3. The Bertz CT molecular complexity index is 1200. The number of nitro benzene ring substituents is 1. The zero-order valence-electron chi connectivity index (χ0n) is 17.6. The first kappa shape index (κ1) is 24.5. The Morgan fingerprint density at radius 2 is 1.91 bits per heavy atom. The van der Waals surface area contributed by atoms with E-state index in [-0.39, 0.29) is 0 Å². The summed E-state index contributed by atoms with van der Waals surface area (Å²) in [6, 6.07) is 7.95. The number of nitrogens with zero attached hydrogens (tertiary/aromatic N) is 3. The van der Waals surface area contributed by atoms with Crippen molar-refractivity contribution < 1.29 is 22.9 Å². The number of thioether (sulfide) groups is 1. The molecule has 0 radical (unpaired) electrons. The van der Waals surface area contributed by atoms with Crippen molar-refractivity contribution in [3.63, 3.8) is 0 Å². The molecule has 1 atom stereocenters. The first-order valence-corrected chi connectivity index (χ1v) is 11.1. The lowest BCUT2D eigenvalue weighted by Crippen LogP contribution is -2.24. The van der Waals surface area contributed by atoms with Gasteiger partial charge < -0.3 is 10.6 Å². The highest BCUT2D eigenvalue weighted by molar-refractivity contribution is 8.02. The molecule has 33 heavy (non-hydrogen) atoms. The Balaban J connectivity index is 1.69. The molecule has 174 valence electrons. The van der Waals surface area contributed by atoms with Crippen molar-refractivity contribution in [2.24, 2.45) is 0 Å². The molecule has 0 aliphatic heterocycles. The summed E-state index contributed by atoms with van der Waals surface area (Å²) in [5.74, 6) is -0.710. The number of nitrogens with one attached hydrogen (secondary N) is 2. The molecule has 2 aromatic carbocycles. The summed E-state index contributed by atoms with van der Waals surface area (Å²) in [4.78, 5) is 22.4. The third-order valence-electron chi connectivity index (χ3n) is 4.68. The standard InChI is InChI=1S/C20H18F3N5O3S2/c1-10-5-4-6-15(11(10)2)25-18-26-27-19(33-18)32-12(3)17(29)24-16-8-7-13(28(30)31)9-14(16)20(21,22)23/h4-9,12H,1-3H3,(H,24,29)(H,25,26). The molecule has 0 saturated carbocycles. The molecule has 1 amide bonds. The van der Waals surface area contributed by atoms with E-state index in [1.165, 1.54) is 18.3 Å². The number of hydrogen-bond donors (Lipinski definition) is 2. The third-order valence-corrected chi connectivity index (χ3v) is 6.70. The number of rotatable bonds is 7. The van der Waals surface area contributed by atoms with Crippen molar-refractivity contribution in [1.29, 1.82) is 0 Å². The minimum Gasteiger partial charge on any atom is -0.330 e. The molecule has 0 spiro atoms. The second-order valence-electron chi connectivity index (χ2n) is 6.98. The first-order valence-electron chi connectivity index (χ1n) is 9.45. The molecule has 1 heterocycles. The summed E-state index contributed by atoms with van der Waals surface area (Å²) >= 11 is 2.24. The second-order valence-corrected chi connectivity index (χ2v) is 9.55. The molecule has 0 bridgehead atoms.